The molecular weight excluding hydrogens is 256 g/mol. The van der Waals surface area contributed by atoms with Gasteiger partial charge in [0.2, 0.25) is 0 Å². The second kappa shape index (κ2) is 5.21. The topological polar surface area (TPSA) is 55.1 Å². The predicted molar refractivity (Wildman–Crippen MR) is 71.4 cm³/mol. The van der Waals surface area contributed by atoms with Gasteiger partial charge >= 0.3 is 0 Å². The maximum atomic E-state index is 11.8. The molecule has 0 unspecified atom stereocenters. The van der Waals surface area contributed by atoms with Crippen molar-refractivity contribution in [3.05, 3.63) is 51.2 Å². The number of hydrogen-bond acceptors (Lipinski definition) is 3. The molecule has 2 aromatic rings. The van der Waals surface area contributed by atoms with Crippen LogP contribution in [0.15, 0.2) is 35.0 Å². The van der Waals surface area contributed by atoms with Crippen LogP contribution in [0.2, 0.25) is 5.02 Å². The highest BCUT2D eigenvalue weighted by molar-refractivity contribution is 7.07. The number of nitrogens with one attached hydrogen (secondary N) is 1. The summed E-state index contributed by atoms with van der Waals surface area (Å²) in [5.41, 5.74) is 7.65. The zero-order valence-corrected chi connectivity index (χ0v) is 10.5. The van der Waals surface area contributed by atoms with Gasteiger partial charge in [0, 0.05) is 12.1 Å². The number of anilines is 1. The Hall–Kier alpha value is -1.52. The SMILES string of the molecule is Nc1cc(C(=O)NCc2ccsc2)ccc1Cl. The molecule has 0 fully saturated rings. The summed E-state index contributed by atoms with van der Waals surface area (Å²) in [5.74, 6) is -0.153. The first-order chi connectivity index (χ1) is 8.16. The summed E-state index contributed by atoms with van der Waals surface area (Å²) in [6.07, 6.45) is 0. The van der Waals surface area contributed by atoms with Crippen LogP contribution in [0.3, 0.4) is 0 Å². The molecule has 0 saturated heterocycles. The molecule has 1 amide bonds. The Morgan fingerprint density at radius 1 is 1.41 bits per heavy atom. The van der Waals surface area contributed by atoms with Crippen LogP contribution in [0.1, 0.15) is 15.9 Å². The maximum absolute atomic E-state index is 11.8. The minimum Gasteiger partial charge on any atom is -0.398 e. The fraction of sp³-hybridized carbons (Fsp3) is 0.0833. The van der Waals surface area contributed by atoms with Crippen molar-refractivity contribution < 1.29 is 4.79 Å². The summed E-state index contributed by atoms with van der Waals surface area (Å²) in [6.45, 7) is 0.519. The molecule has 1 aromatic carbocycles. The lowest BCUT2D eigenvalue weighted by Gasteiger charge is -2.05. The van der Waals surface area contributed by atoms with E-state index in [0.29, 0.717) is 22.8 Å². The Kier molecular flexibility index (Phi) is 3.66. The van der Waals surface area contributed by atoms with E-state index in [1.807, 2.05) is 16.8 Å². The molecule has 0 atom stereocenters. The number of rotatable bonds is 3. The minimum atomic E-state index is -0.153. The number of thiophene rings is 1. The number of carbonyl (C=O) groups is 1. The van der Waals surface area contributed by atoms with Crippen LogP contribution in [0.25, 0.3) is 0 Å². The van der Waals surface area contributed by atoms with Crippen LogP contribution < -0.4 is 11.1 Å². The monoisotopic (exact) mass is 266 g/mol. The summed E-state index contributed by atoms with van der Waals surface area (Å²) >= 11 is 7.39. The van der Waals surface area contributed by atoms with Crippen molar-refractivity contribution in [1.29, 1.82) is 0 Å². The van der Waals surface area contributed by atoms with Crippen molar-refractivity contribution in [2.75, 3.05) is 5.73 Å². The van der Waals surface area contributed by atoms with Crippen LogP contribution in [0.4, 0.5) is 5.69 Å². The van der Waals surface area contributed by atoms with Gasteiger partial charge in [-0.25, -0.2) is 0 Å². The Labute approximate surface area is 108 Å². The molecule has 0 aliphatic heterocycles. The zero-order valence-electron chi connectivity index (χ0n) is 8.94. The van der Waals surface area contributed by atoms with Gasteiger partial charge < -0.3 is 11.1 Å². The Bertz CT molecular complexity index is 525. The average molecular weight is 267 g/mol. The third-order valence-corrected chi connectivity index (χ3v) is 3.37. The number of carbonyl (C=O) groups excluding carboxylic acids is 1. The van der Waals surface area contributed by atoms with Gasteiger partial charge in [0.25, 0.3) is 5.91 Å². The summed E-state index contributed by atoms with van der Waals surface area (Å²) in [4.78, 5) is 11.8. The van der Waals surface area contributed by atoms with E-state index in [9.17, 15) is 4.79 Å². The first kappa shape index (κ1) is 12.0. The Morgan fingerprint density at radius 2 is 2.24 bits per heavy atom. The molecule has 2 rings (SSSR count). The second-order valence-electron chi connectivity index (χ2n) is 3.55. The molecule has 1 aromatic heterocycles. The van der Waals surface area contributed by atoms with Gasteiger partial charge in [0.1, 0.15) is 0 Å². The van der Waals surface area contributed by atoms with Gasteiger partial charge in [-0.15, -0.1) is 0 Å². The molecule has 0 bridgehead atoms. The molecule has 88 valence electrons. The van der Waals surface area contributed by atoms with Crippen molar-refractivity contribution in [1.82, 2.24) is 5.32 Å². The molecule has 3 nitrogen and oxygen atoms in total. The Morgan fingerprint density at radius 3 is 2.88 bits per heavy atom. The van der Waals surface area contributed by atoms with Crippen molar-refractivity contribution in [2.24, 2.45) is 0 Å². The molecule has 0 spiro atoms. The molecule has 0 radical (unpaired) electrons. The molecule has 17 heavy (non-hydrogen) atoms. The fourth-order valence-electron chi connectivity index (χ4n) is 1.36. The van der Waals surface area contributed by atoms with E-state index in [4.69, 9.17) is 17.3 Å². The van der Waals surface area contributed by atoms with Gasteiger partial charge in [-0.2, -0.15) is 11.3 Å². The van der Waals surface area contributed by atoms with Gasteiger partial charge in [0.15, 0.2) is 0 Å². The van der Waals surface area contributed by atoms with Gasteiger partial charge in [-0.05, 0) is 40.6 Å². The summed E-state index contributed by atoms with van der Waals surface area (Å²) in [5, 5.41) is 7.25. The van der Waals surface area contributed by atoms with E-state index in [1.54, 1.807) is 29.5 Å². The van der Waals surface area contributed by atoms with Gasteiger partial charge in [0.05, 0.1) is 10.7 Å². The molecule has 1 heterocycles. The number of nitrogen functional groups attached to an aromatic ring is 1. The zero-order chi connectivity index (χ0) is 12.3. The van der Waals surface area contributed by atoms with Gasteiger partial charge in [-0.3, -0.25) is 4.79 Å². The molecule has 0 aliphatic rings. The number of halogens is 1. The maximum Gasteiger partial charge on any atom is 0.251 e. The Balaban J connectivity index is 2.02. The van der Waals surface area contributed by atoms with Crippen LogP contribution in [-0.2, 0) is 6.54 Å². The smallest absolute Gasteiger partial charge is 0.251 e. The van der Waals surface area contributed by atoms with E-state index >= 15 is 0 Å². The van der Waals surface area contributed by atoms with E-state index in [1.165, 1.54) is 0 Å². The summed E-state index contributed by atoms with van der Waals surface area (Å²) < 4.78 is 0. The third kappa shape index (κ3) is 2.99. The number of amides is 1. The minimum absolute atomic E-state index is 0.153. The lowest BCUT2D eigenvalue weighted by Crippen LogP contribution is -2.22. The van der Waals surface area contributed by atoms with Crippen molar-refractivity contribution in [3.63, 3.8) is 0 Å². The summed E-state index contributed by atoms with van der Waals surface area (Å²) in [7, 11) is 0. The highest BCUT2D eigenvalue weighted by Crippen LogP contribution is 2.19. The van der Waals surface area contributed by atoms with Crippen molar-refractivity contribution in [2.45, 2.75) is 6.54 Å². The van der Waals surface area contributed by atoms with E-state index in [2.05, 4.69) is 5.32 Å². The standard InChI is InChI=1S/C12H11ClN2OS/c13-10-2-1-9(5-11(10)14)12(16)15-6-8-3-4-17-7-8/h1-5,7H,6,14H2,(H,15,16). The molecular formula is C12H11ClN2OS. The highest BCUT2D eigenvalue weighted by atomic mass is 35.5. The molecule has 0 saturated carbocycles. The normalized spacial score (nSPS) is 10.2. The van der Waals surface area contributed by atoms with Crippen molar-refractivity contribution in [3.8, 4) is 0 Å². The summed E-state index contributed by atoms with van der Waals surface area (Å²) in [6, 6.07) is 6.82. The predicted octanol–water partition coefficient (Wildman–Crippen LogP) is 2.91. The van der Waals surface area contributed by atoms with Crippen molar-refractivity contribution >= 4 is 34.5 Å². The van der Waals surface area contributed by atoms with Crippen LogP contribution in [0.5, 0.6) is 0 Å². The van der Waals surface area contributed by atoms with Crippen LogP contribution >= 0.6 is 22.9 Å². The first-order valence-corrected chi connectivity index (χ1v) is 6.33. The van der Waals surface area contributed by atoms with E-state index < -0.39 is 0 Å². The van der Waals surface area contributed by atoms with E-state index in [-0.39, 0.29) is 5.91 Å². The first-order valence-electron chi connectivity index (χ1n) is 5.01. The van der Waals surface area contributed by atoms with Gasteiger partial charge in [-0.1, -0.05) is 11.6 Å². The third-order valence-electron chi connectivity index (χ3n) is 2.29. The quantitative estimate of drug-likeness (QED) is 0.840. The number of nitrogens with two attached hydrogens (primary N) is 1. The molecule has 0 aliphatic carbocycles. The van der Waals surface area contributed by atoms with Crippen LogP contribution in [0, 0.1) is 0 Å². The number of benzene rings is 1. The largest absolute Gasteiger partial charge is 0.398 e. The lowest BCUT2D eigenvalue weighted by atomic mass is 10.2. The fourth-order valence-corrected chi connectivity index (χ4v) is 2.15. The second-order valence-corrected chi connectivity index (χ2v) is 4.74. The number of hydrogen-bond donors (Lipinski definition) is 2. The van der Waals surface area contributed by atoms with E-state index in [0.717, 1.165) is 5.56 Å². The van der Waals surface area contributed by atoms with Crippen LogP contribution in [-0.4, -0.2) is 5.91 Å². The molecule has 5 heteroatoms. The lowest BCUT2D eigenvalue weighted by molar-refractivity contribution is 0.0951. The average Bonchev–Trinajstić information content (AvgIpc) is 2.82. The molecule has 3 N–H and O–H groups in total. The highest BCUT2D eigenvalue weighted by Gasteiger charge is 2.07.